The average molecular weight is 398 g/mol. The third-order valence-corrected chi connectivity index (χ3v) is 5.76. The normalized spacial score (nSPS) is 11.2. The van der Waals surface area contributed by atoms with Crippen LogP contribution in [0.3, 0.4) is 0 Å². The molecule has 6 heteroatoms. The van der Waals surface area contributed by atoms with E-state index in [0.717, 1.165) is 20.8 Å². The molecule has 0 spiro atoms. The summed E-state index contributed by atoms with van der Waals surface area (Å²) >= 11 is 1.50. The number of benzene rings is 1. The summed E-state index contributed by atoms with van der Waals surface area (Å²) in [6.07, 6.45) is 1.83. The zero-order valence-electron chi connectivity index (χ0n) is 17.1. The number of carbonyl (C=O) groups excluding carboxylic acids is 1. The van der Waals surface area contributed by atoms with Gasteiger partial charge in [-0.25, -0.2) is 0 Å². The number of aryl methyl sites for hydroxylation is 1. The fourth-order valence-electron chi connectivity index (χ4n) is 3.26. The fourth-order valence-corrected chi connectivity index (χ4v) is 4.31. The van der Waals surface area contributed by atoms with Gasteiger partial charge < -0.3 is 14.8 Å². The Morgan fingerprint density at radius 1 is 1.18 bits per heavy atom. The van der Waals surface area contributed by atoms with Gasteiger partial charge in [-0.3, -0.25) is 9.59 Å². The molecular weight excluding hydrogens is 370 g/mol. The molecule has 0 saturated carbocycles. The van der Waals surface area contributed by atoms with E-state index in [1.54, 1.807) is 4.57 Å². The van der Waals surface area contributed by atoms with E-state index in [1.807, 2.05) is 62.4 Å². The number of fused-ring (bicyclic) bond motifs is 1. The number of hydrogen-bond donors (Lipinski definition) is 1. The molecule has 3 rings (SSSR count). The molecule has 28 heavy (non-hydrogen) atoms. The molecule has 0 aliphatic heterocycles. The Labute approximate surface area is 169 Å². The molecule has 0 aliphatic carbocycles. The number of rotatable bonds is 6. The third-order valence-electron chi connectivity index (χ3n) is 4.69. The largest absolute Gasteiger partial charge is 0.378 e. The van der Waals surface area contributed by atoms with Gasteiger partial charge in [0.2, 0.25) is 0 Å². The van der Waals surface area contributed by atoms with Gasteiger partial charge in [-0.2, -0.15) is 0 Å². The van der Waals surface area contributed by atoms with Gasteiger partial charge in [0.15, 0.2) is 0 Å². The van der Waals surface area contributed by atoms with Crippen LogP contribution in [-0.4, -0.2) is 24.6 Å². The van der Waals surface area contributed by atoms with Crippen LogP contribution in [0.1, 0.15) is 34.6 Å². The van der Waals surface area contributed by atoms with E-state index in [2.05, 4.69) is 19.2 Å². The van der Waals surface area contributed by atoms with Crippen LogP contribution < -0.4 is 15.8 Å². The van der Waals surface area contributed by atoms with Crippen molar-refractivity contribution in [1.29, 1.82) is 0 Å². The van der Waals surface area contributed by atoms with E-state index in [0.29, 0.717) is 30.0 Å². The van der Waals surface area contributed by atoms with Crippen LogP contribution in [0, 0.1) is 12.8 Å². The van der Waals surface area contributed by atoms with Crippen molar-refractivity contribution in [1.82, 2.24) is 9.88 Å². The first-order valence-electron chi connectivity index (χ1n) is 9.45. The van der Waals surface area contributed by atoms with Crippen molar-refractivity contribution in [2.75, 3.05) is 19.0 Å². The lowest BCUT2D eigenvalue weighted by Gasteiger charge is -2.13. The lowest BCUT2D eigenvalue weighted by atomic mass is 10.1. The van der Waals surface area contributed by atoms with Gasteiger partial charge in [0.05, 0.1) is 10.9 Å². The first-order valence-corrected chi connectivity index (χ1v) is 10.3. The second kappa shape index (κ2) is 8.19. The number of anilines is 1. The molecule has 0 aliphatic rings. The third kappa shape index (κ3) is 4.12. The molecule has 2 aromatic heterocycles. The Morgan fingerprint density at radius 3 is 2.46 bits per heavy atom. The van der Waals surface area contributed by atoms with Crippen LogP contribution in [-0.2, 0) is 13.1 Å². The number of amides is 1. The highest BCUT2D eigenvalue weighted by atomic mass is 32.1. The van der Waals surface area contributed by atoms with Crippen LogP contribution >= 0.6 is 11.3 Å². The second-order valence-electron chi connectivity index (χ2n) is 7.68. The van der Waals surface area contributed by atoms with E-state index < -0.39 is 0 Å². The maximum Gasteiger partial charge on any atom is 0.260 e. The van der Waals surface area contributed by atoms with Gasteiger partial charge in [-0.05, 0) is 36.6 Å². The molecule has 0 saturated heterocycles. The van der Waals surface area contributed by atoms with E-state index in [-0.39, 0.29) is 11.5 Å². The molecule has 148 valence electrons. The first kappa shape index (κ1) is 20.1. The van der Waals surface area contributed by atoms with Crippen LogP contribution in [0.5, 0.6) is 0 Å². The Morgan fingerprint density at radius 2 is 1.86 bits per heavy atom. The Balaban J connectivity index is 1.86. The van der Waals surface area contributed by atoms with Gasteiger partial charge in [0, 0.05) is 48.6 Å². The zero-order valence-corrected chi connectivity index (χ0v) is 17.9. The summed E-state index contributed by atoms with van der Waals surface area (Å²) in [6.45, 7) is 7.12. The minimum Gasteiger partial charge on any atom is -0.378 e. The monoisotopic (exact) mass is 397 g/mol. The lowest BCUT2D eigenvalue weighted by Crippen LogP contribution is -2.27. The standard InChI is InChI=1S/C22H27N3O2S/c1-14(2)13-25-11-10-18-20(22(25)27)19(15(3)28-18)21(26)23-12-16-6-8-17(9-7-16)24(4)5/h6-11,14H,12-13H2,1-5H3,(H,23,26). The SMILES string of the molecule is Cc1sc2ccn(CC(C)C)c(=O)c2c1C(=O)NCc1ccc(N(C)C)cc1. The van der Waals surface area contributed by atoms with Crippen LogP contribution in [0.2, 0.25) is 0 Å². The molecule has 0 unspecified atom stereocenters. The molecular formula is C22H27N3O2S. The van der Waals surface area contributed by atoms with Crippen molar-refractivity contribution in [3.63, 3.8) is 0 Å². The van der Waals surface area contributed by atoms with Crippen molar-refractivity contribution >= 4 is 33.0 Å². The highest BCUT2D eigenvalue weighted by molar-refractivity contribution is 7.19. The van der Waals surface area contributed by atoms with E-state index in [9.17, 15) is 9.59 Å². The van der Waals surface area contributed by atoms with Crippen LogP contribution in [0.25, 0.3) is 10.1 Å². The summed E-state index contributed by atoms with van der Waals surface area (Å²) in [5.74, 6) is 0.164. The van der Waals surface area contributed by atoms with Crippen molar-refractivity contribution < 1.29 is 4.79 Å². The van der Waals surface area contributed by atoms with Gasteiger partial charge in [0.25, 0.3) is 11.5 Å². The summed E-state index contributed by atoms with van der Waals surface area (Å²) < 4.78 is 2.57. The lowest BCUT2D eigenvalue weighted by molar-refractivity contribution is 0.0952. The molecule has 0 atom stereocenters. The number of nitrogens with one attached hydrogen (secondary N) is 1. The summed E-state index contributed by atoms with van der Waals surface area (Å²) in [5, 5.41) is 3.51. The molecule has 1 N–H and O–H groups in total. The van der Waals surface area contributed by atoms with Gasteiger partial charge in [-0.15, -0.1) is 11.3 Å². The van der Waals surface area contributed by atoms with Crippen LogP contribution in [0.15, 0.2) is 41.3 Å². The van der Waals surface area contributed by atoms with Crippen molar-refractivity contribution in [3.05, 3.63) is 62.9 Å². The van der Waals surface area contributed by atoms with Gasteiger partial charge in [-0.1, -0.05) is 26.0 Å². The predicted molar refractivity (Wildman–Crippen MR) is 118 cm³/mol. The van der Waals surface area contributed by atoms with E-state index in [1.165, 1.54) is 11.3 Å². The Hall–Kier alpha value is -2.60. The number of aromatic nitrogens is 1. The highest BCUT2D eigenvalue weighted by Crippen LogP contribution is 2.28. The van der Waals surface area contributed by atoms with Gasteiger partial charge >= 0.3 is 0 Å². The molecule has 5 nitrogen and oxygen atoms in total. The fraction of sp³-hybridized carbons (Fsp3) is 0.364. The second-order valence-corrected chi connectivity index (χ2v) is 8.94. The summed E-state index contributed by atoms with van der Waals surface area (Å²) in [6, 6.07) is 10.00. The summed E-state index contributed by atoms with van der Waals surface area (Å²) in [5.41, 5.74) is 2.55. The predicted octanol–water partition coefficient (Wildman–Crippen LogP) is 4.02. The summed E-state index contributed by atoms with van der Waals surface area (Å²) in [4.78, 5) is 28.8. The topological polar surface area (TPSA) is 54.3 Å². The maximum atomic E-state index is 13.0. The highest BCUT2D eigenvalue weighted by Gasteiger charge is 2.20. The molecule has 1 aromatic carbocycles. The molecule has 0 radical (unpaired) electrons. The number of pyridine rings is 1. The molecule has 1 amide bonds. The molecule has 2 heterocycles. The van der Waals surface area contributed by atoms with E-state index in [4.69, 9.17) is 0 Å². The Kier molecular flexibility index (Phi) is 5.89. The van der Waals surface area contributed by atoms with Crippen molar-refractivity contribution in [2.24, 2.45) is 5.92 Å². The Bertz CT molecular complexity index is 1050. The number of hydrogen-bond acceptors (Lipinski definition) is 4. The molecule has 3 aromatic rings. The smallest absolute Gasteiger partial charge is 0.260 e. The number of nitrogens with zero attached hydrogens (tertiary/aromatic N) is 2. The van der Waals surface area contributed by atoms with Crippen molar-refractivity contribution in [2.45, 2.75) is 33.9 Å². The number of carbonyl (C=O) groups is 1. The minimum absolute atomic E-state index is 0.0870. The van der Waals surface area contributed by atoms with Gasteiger partial charge in [0.1, 0.15) is 0 Å². The first-order chi connectivity index (χ1) is 13.3. The maximum absolute atomic E-state index is 13.0. The van der Waals surface area contributed by atoms with Crippen molar-refractivity contribution in [3.8, 4) is 0 Å². The molecule has 0 fully saturated rings. The average Bonchev–Trinajstić information content (AvgIpc) is 2.99. The minimum atomic E-state index is -0.195. The zero-order chi connectivity index (χ0) is 20.4. The number of thiophene rings is 1. The van der Waals surface area contributed by atoms with Crippen LogP contribution in [0.4, 0.5) is 5.69 Å². The molecule has 0 bridgehead atoms. The summed E-state index contributed by atoms with van der Waals surface area (Å²) in [7, 11) is 3.99. The quantitative estimate of drug-likeness (QED) is 0.683. The van der Waals surface area contributed by atoms with E-state index >= 15 is 0 Å².